The number of sulfonamides is 1. The molecule has 0 spiro atoms. The van der Waals surface area contributed by atoms with Crippen LogP contribution in [0.25, 0.3) is 0 Å². The van der Waals surface area contributed by atoms with Gasteiger partial charge in [0.15, 0.2) is 0 Å². The van der Waals surface area contributed by atoms with E-state index in [0.717, 1.165) is 0 Å². The van der Waals surface area contributed by atoms with Gasteiger partial charge in [0.1, 0.15) is 5.69 Å². The third-order valence-corrected chi connectivity index (χ3v) is 3.62. The van der Waals surface area contributed by atoms with Crippen LogP contribution in [0.5, 0.6) is 0 Å². The molecule has 1 aromatic heterocycles. The van der Waals surface area contributed by atoms with Crippen LogP contribution in [0, 0.1) is 0 Å². The van der Waals surface area contributed by atoms with Gasteiger partial charge in [-0.15, -0.1) is 11.3 Å². The van der Waals surface area contributed by atoms with E-state index in [4.69, 9.17) is 5.14 Å². The largest absolute Gasteiger partial charge is 0.321 e. The number of nitrogens with one attached hydrogen (secondary N) is 1. The summed E-state index contributed by atoms with van der Waals surface area (Å²) in [6.07, 6.45) is 0. The maximum Gasteiger partial charge on any atom is 0.275 e. The summed E-state index contributed by atoms with van der Waals surface area (Å²) in [4.78, 5) is 15.5. The molecule has 0 atom stereocenters. The third-order valence-electron chi connectivity index (χ3n) is 2.11. The van der Waals surface area contributed by atoms with Crippen LogP contribution in [0.2, 0.25) is 0 Å². The molecule has 0 aliphatic rings. The van der Waals surface area contributed by atoms with Crippen LogP contribution in [-0.4, -0.2) is 19.3 Å². The molecule has 2 rings (SSSR count). The molecule has 0 aliphatic carbocycles. The number of hydrogen-bond acceptors (Lipinski definition) is 5. The van der Waals surface area contributed by atoms with Crippen molar-refractivity contribution in [1.29, 1.82) is 0 Å². The van der Waals surface area contributed by atoms with E-state index in [2.05, 4.69) is 10.3 Å². The van der Waals surface area contributed by atoms with Crippen molar-refractivity contribution in [3.05, 3.63) is 40.8 Å². The number of rotatable bonds is 3. The zero-order valence-corrected chi connectivity index (χ0v) is 10.7. The Hall–Kier alpha value is -1.77. The summed E-state index contributed by atoms with van der Waals surface area (Å²) >= 11 is 1.32. The Morgan fingerprint density at radius 1 is 1.28 bits per heavy atom. The molecular weight excluding hydrogens is 274 g/mol. The Morgan fingerprint density at radius 3 is 2.44 bits per heavy atom. The van der Waals surface area contributed by atoms with Crippen LogP contribution >= 0.6 is 11.3 Å². The Kier molecular flexibility index (Phi) is 3.41. The summed E-state index contributed by atoms with van der Waals surface area (Å²) in [5.41, 5.74) is 2.34. The van der Waals surface area contributed by atoms with Gasteiger partial charge in [0, 0.05) is 11.1 Å². The molecule has 0 saturated heterocycles. The molecule has 3 N–H and O–H groups in total. The Bertz CT molecular complexity index is 648. The monoisotopic (exact) mass is 283 g/mol. The number of nitrogens with zero attached hydrogens (tertiary/aromatic N) is 1. The van der Waals surface area contributed by atoms with Crippen molar-refractivity contribution in [3.8, 4) is 0 Å². The van der Waals surface area contributed by atoms with Gasteiger partial charge in [-0.1, -0.05) is 0 Å². The highest BCUT2D eigenvalue weighted by molar-refractivity contribution is 7.89. The van der Waals surface area contributed by atoms with E-state index in [0.29, 0.717) is 11.4 Å². The van der Waals surface area contributed by atoms with E-state index in [1.54, 1.807) is 10.9 Å². The quantitative estimate of drug-likeness (QED) is 0.878. The van der Waals surface area contributed by atoms with Crippen LogP contribution in [0.15, 0.2) is 40.1 Å². The first kappa shape index (κ1) is 12.7. The Morgan fingerprint density at radius 2 is 1.94 bits per heavy atom. The second kappa shape index (κ2) is 4.84. The highest BCUT2D eigenvalue weighted by Crippen LogP contribution is 2.13. The zero-order chi connectivity index (χ0) is 13.2. The fraction of sp³-hybridized carbons (Fsp3) is 0. The van der Waals surface area contributed by atoms with Gasteiger partial charge in [-0.3, -0.25) is 4.79 Å². The first-order valence-electron chi connectivity index (χ1n) is 4.79. The Balaban J connectivity index is 2.14. The second-order valence-electron chi connectivity index (χ2n) is 3.40. The predicted molar refractivity (Wildman–Crippen MR) is 67.9 cm³/mol. The zero-order valence-electron chi connectivity index (χ0n) is 9.03. The summed E-state index contributed by atoms with van der Waals surface area (Å²) in [5.74, 6) is -0.348. The van der Waals surface area contributed by atoms with E-state index >= 15 is 0 Å². The number of carbonyl (C=O) groups excluding carboxylic acids is 1. The molecule has 6 nitrogen and oxygen atoms in total. The van der Waals surface area contributed by atoms with E-state index in [9.17, 15) is 13.2 Å². The van der Waals surface area contributed by atoms with Crippen LogP contribution in [0.1, 0.15) is 10.5 Å². The van der Waals surface area contributed by atoms with Crippen molar-refractivity contribution in [2.75, 3.05) is 5.32 Å². The molecule has 18 heavy (non-hydrogen) atoms. The molecule has 1 aromatic carbocycles. The second-order valence-corrected chi connectivity index (χ2v) is 5.68. The molecule has 94 valence electrons. The maximum atomic E-state index is 11.6. The van der Waals surface area contributed by atoms with E-state index in [-0.39, 0.29) is 10.8 Å². The molecule has 0 fully saturated rings. The number of carbonyl (C=O) groups is 1. The first-order chi connectivity index (χ1) is 8.47. The number of benzene rings is 1. The highest BCUT2D eigenvalue weighted by Gasteiger charge is 2.10. The van der Waals surface area contributed by atoms with Gasteiger partial charge in [0.25, 0.3) is 5.91 Å². The SMILES string of the molecule is NS(=O)(=O)c1ccc(NC(=O)c2cscn2)cc1. The minimum atomic E-state index is -3.71. The molecule has 0 radical (unpaired) electrons. The van der Waals surface area contributed by atoms with Crippen molar-refractivity contribution in [2.45, 2.75) is 4.90 Å². The summed E-state index contributed by atoms with van der Waals surface area (Å²) in [5, 5.41) is 9.17. The molecule has 0 saturated carbocycles. The van der Waals surface area contributed by atoms with Gasteiger partial charge in [0.05, 0.1) is 10.4 Å². The van der Waals surface area contributed by atoms with Gasteiger partial charge in [0.2, 0.25) is 10.0 Å². The lowest BCUT2D eigenvalue weighted by atomic mass is 10.3. The average Bonchev–Trinajstić information content (AvgIpc) is 2.82. The van der Waals surface area contributed by atoms with Crippen molar-refractivity contribution < 1.29 is 13.2 Å². The topological polar surface area (TPSA) is 102 Å². The molecule has 0 bridgehead atoms. The van der Waals surface area contributed by atoms with Gasteiger partial charge >= 0.3 is 0 Å². The summed E-state index contributed by atoms with van der Waals surface area (Å²) in [7, 11) is -3.71. The lowest BCUT2D eigenvalue weighted by molar-refractivity contribution is 0.102. The number of primary sulfonamides is 1. The van der Waals surface area contributed by atoms with Crippen molar-refractivity contribution >= 4 is 33.0 Å². The van der Waals surface area contributed by atoms with Gasteiger partial charge in [-0.05, 0) is 24.3 Å². The molecule has 1 amide bonds. The lowest BCUT2D eigenvalue weighted by Crippen LogP contribution is -2.14. The first-order valence-corrected chi connectivity index (χ1v) is 7.28. The van der Waals surface area contributed by atoms with Crippen LogP contribution < -0.4 is 10.5 Å². The van der Waals surface area contributed by atoms with Crippen molar-refractivity contribution in [3.63, 3.8) is 0 Å². The highest BCUT2D eigenvalue weighted by atomic mass is 32.2. The van der Waals surface area contributed by atoms with Crippen LogP contribution in [-0.2, 0) is 10.0 Å². The third kappa shape index (κ3) is 2.92. The standard InChI is InChI=1S/C10H9N3O3S2/c11-18(15,16)8-3-1-7(2-4-8)13-10(14)9-5-17-6-12-9/h1-6H,(H,13,14)(H2,11,15,16). The fourth-order valence-electron chi connectivity index (χ4n) is 1.25. The number of nitrogens with two attached hydrogens (primary N) is 1. The van der Waals surface area contributed by atoms with E-state index in [1.165, 1.54) is 35.6 Å². The predicted octanol–water partition coefficient (Wildman–Crippen LogP) is 1.04. The summed E-state index contributed by atoms with van der Waals surface area (Å²) < 4.78 is 22.1. The molecule has 0 unspecified atom stereocenters. The number of amides is 1. The fourth-order valence-corrected chi connectivity index (χ4v) is 2.30. The normalized spacial score (nSPS) is 11.2. The van der Waals surface area contributed by atoms with Crippen LogP contribution in [0.3, 0.4) is 0 Å². The van der Waals surface area contributed by atoms with Crippen molar-refractivity contribution in [1.82, 2.24) is 4.98 Å². The minimum Gasteiger partial charge on any atom is -0.321 e. The number of aromatic nitrogens is 1. The molecular formula is C10H9N3O3S2. The Labute approximate surface area is 108 Å². The summed E-state index contributed by atoms with van der Waals surface area (Å²) in [6.45, 7) is 0. The molecule has 1 heterocycles. The van der Waals surface area contributed by atoms with Gasteiger partial charge in [-0.25, -0.2) is 18.5 Å². The van der Waals surface area contributed by atoms with E-state index < -0.39 is 10.0 Å². The van der Waals surface area contributed by atoms with Crippen LogP contribution in [0.4, 0.5) is 5.69 Å². The maximum absolute atomic E-state index is 11.6. The van der Waals surface area contributed by atoms with Gasteiger partial charge in [-0.2, -0.15) is 0 Å². The number of hydrogen-bond donors (Lipinski definition) is 2. The smallest absolute Gasteiger partial charge is 0.275 e. The lowest BCUT2D eigenvalue weighted by Gasteiger charge is -2.04. The summed E-state index contributed by atoms with van der Waals surface area (Å²) in [6, 6.07) is 5.58. The molecule has 2 aromatic rings. The van der Waals surface area contributed by atoms with Crippen molar-refractivity contribution in [2.24, 2.45) is 5.14 Å². The van der Waals surface area contributed by atoms with Gasteiger partial charge < -0.3 is 5.32 Å². The number of thiazole rings is 1. The number of anilines is 1. The van der Waals surface area contributed by atoms with E-state index in [1.807, 2.05) is 0 Å². The molecule has 0 aliphatic heterocycles. The minimum absolute atomic E-state index is 0.00541. The molecule has 8 heteroatoms. The average molecular weight is 283 g/mol.